The predicted octanol–water partition coefficient (Wildman–Crippen LogP) is -2.08. The minimum atomic E-state index is -5.65. The largest absolute Gasteiger partial charge is 0.790 e. The number of carbonyl (C=O) groups excluding carboxylic acids is 2. The third-order valence-corrected chi connectivity index (χ3v) is 4.00. The minimum Gasteiger partial charge on any atom is -0.790 e. The van der Waals surface area contributed by atoms with E-state index in [1.165, 1.54) is 0 Å². The van der Waals surface area contributed by atoms with Crippen LogP contribution in [0.15, 0.2) is 25.3 Å². The molecule has 1 unspecified atom stereocenters. The van der Waals surface area contributed by atoms with Gasteiger partial charge >= 0.3 is 19.5 Å². The number of rotatable bonds is 8. The van der Waals surface area contributed by atoms with Crippen LogP contribution in [0.2, 0.25) is 0 Å². The summed E-state index contributed by atoms with van der Waals surface area (Å²) >= 11 is 0. The van der Waals surface area contributed by atoms with Crippen molar-refractivity contribution in [2.24, 2.45) is 0 Å². The Kier molecular flexibility index (Phi) is 11.2. The average molecular weight is 409 g/mol. The second-order valence-corrected chi connectivity index (χ2v) is 8.01. The number of ether oxygens (including phenoxy) is 2. The zero-order chi connectivity index (χ0) is 19.6. The van der Waals surface area contributed by atoms with Gasteiger partial charge in [0.05, 0.1) is 7.82 Å². The van der Waals surface area contributed by atoms with Gasteiger partial charge < -0.3 is 47.4 Å². The fraction of sp³-hybridized carbons (Fsp3) is 0.250. The summed E-state index contributed by atoms with van der Waals surface area (Å²) in [6.45, 7) is 5.98. The van der Waals surface area contributed by atoms with E-state index in [0.717, 1.165) is 6.08 Å². The molecular weight excluding hydrogens is 397 g/mol. The molecule has 0 aliphatic rings. The van der Waals surface area contributed by atoms with E-state index in [-0.39, 0.29) is 0 Å². The Morgan fingerprint density at radius 1 is 0.917 bits per heavy atom. The summed E-state index contributed by atoms with van der Waals surface area (Å²) < 4.78 is 41.6. The summed E-state index contributed by atoms with van der Waals surface area (Å²) in [5.41, 5.74) is 0. The highest BCUT2D eigenvalue weighted by Crippen LogP contribution is 2.49. The first-order valence-electron chi connectivity index (χ1n) is 5.28. The molecule has 0 saturated heterocycles. The lowest BCUT2D eigenvalue weighted by atomic mass is 10.7. The van der Waals surface area contributed by atoms with Crippen LogP contribution < -0.4 is 14.7 Å². The first kappa shape index (κ1) is 25.1. The fourth-order valence-electron chi connectivity index (χ4n) is 0.584. The maximum Gasteiger partial charge on any atom is 0.362 e. The Morgan fingerprint density at radius 3 is 1.58 bits per heavy atom. The third kappa shape index (κ3) is 18.9. The average Bonchev–Trinajstić information content (AvgIpc) is 2.39. The van der Waals surface area contributed by atoms with Crippen LogP contribution >= 0.6 is 23.0 Å². The Morgan fingerprint density at radius 2 is 1.29 bits per heavy atom. The van der Waals surface area contributed by atoms with E-state index >= 15 is 0 Å². The molecule has 0 fully saturated rings. The molecule has 0 saturated carbocycles. The van der Waals surface area contributed by atoms with Crippen LogP contribution in [0, 0.1) is 0 Å². The van der Waals surface area contributed by atoms with Crippen molar-refractivity contribution in [3.05, 3.63) is 25.3 Å². The maximum absolute atomic E-state index is 10.6. The summed E-state index contributed by atoms with van der Waals surface area (Å²) in [7, 11) is -14.9. The van der Waals surface area contributed by atoms with Crippen LogP contribution in [0.5, 0.6) is 0 Å². The van der Waals surface area contributed by atoms with Gasteiger partial charge in [0.25, 0.3) is 0 Å². The Bertz CT molecular complexity index is 598. The molecule has 2 N–H and O–H groups in total. The van der Waals surface area contributed by atoms with Crippen molar-refractivity contribution in [1.82, 2.24) is 0 Å². The van der Waals surface area contributed by atoms with E-state index < -0.39 is 47.6 Å². The SMILES string of the molecule is C=CC(=O)OCP(=O)(O)O.C=CC(=O)OCP(=O)([O-])OP(=O)([O-])[O-]. The number of phosphoric acid groups is 1. The Balaban J connectivity index is 0. The van der Waals surface area contributed by atoms with Gasteiger partial charge in [-0.05, 0) is 0 Å². The van der Waals surface area contributed by atoms with Gasteiger partial charge in [0.15, 0.2) is 20.3 Å². The summed E-state index contributed by atoms with van der Waals surface area (Å²) in [5, 5.41) is 0. The molecule has 0 aromatic heterocycles. The first-order valence-corrected chi connectivity index (χ1v) is 10.3. The van der Waals surface area contributed by atoms with E-state index in [4.69, 9.17) is 9.79 Å². The van der Waals surface area contributed by atoms with E-state index in [1.807, 2.05) is 0 Å². The van der Waals surface area contributed by atoms with Crippen molar-refractivity contribution in [3.63, 3.8) is 0 Å². The molecule has 13 nitrogen and oxygen atoms in total. The smallest absolute Gasteiger partial charge is 0.362 e. The van der Waals surface area contributed by atoms with Crippen LogP contribution in [0.4, 0.5) is 0 Å². The lowest BCUT2D eigenvalue weighted by molar-refractivity contribution is -0.338. The quantitative estimate of drug-likeness (QED) is 0.250. The van der Waals surface area contributed by atoms with Gasteiger partial charge in [-0.2, -0.15) is 0 Å². The molecule has 0 amide bonds. The van der Waals surface area contributed by atoms with Crippen LogP contribution in [-0.2, 0) is 37.1 Å². The van der Waals surface area contributed by atoms with Crippen LogP contribution in [0.25, 0.3) is 0 Å². The van der Waals surface area contributed by atoms with E-state index in [1.54, 1.807) is 0 Å². The van der Waals surface area contributed by atoms with Gasteiger partial charge in [-0.15, -0.1) is 0 Å². The van der Waals surface area contributed by atoms with Crippen LogP contribution in [-0.4, -0.2) is 34.4 Å². The van der Waals surface area contributed by atoms with E-state index in [0.29, 0.717) is 6.08 Å². The normalized spacial score (nSPS) is 13.5. The third-order valence-electron chi connectivity index (χ3n) is 1.30. The topological polar surface area (TPSA) is 223 Å². The van der Waals surface area contributed by atoms with Gasteiger partial charge in [-0.25, -0.2) is 9.59 Å². The van der Waals surface area contributed by atoms with Crippen molar-refractivity contribution >= 4 is 35.0 Å². The van der Waals surface area contributed by atoms with Crippen molar-refractivity contribution in [1.29, 1.82) is 0 Å². The van der Waals surface area contributed by atoms with E-state index in [9.17, 15) is 38.0 Å². The molecule has 0 bridgehead atoms. The minimum absolute atomic E-state index is 0.661. The van der Waals surface area contributed by atoms with Crippen molar-refractivity contribution in [2.45, 2.75) is 0 Å². The second kappa shape index (κ2) is 10.7. The summed E-state index contributed by atoms with van der Waals surface area (Å²) in [6.07, 6.45) is -0.742. The molecule has 0 heterocycles. The molecular formula is C8H12O13P3-3. The van der Waals surface area contributed by atoms with Gasteiger partial charge in [-0.1, -0.05) is 13.2 Å². The van der Waals surface area contributed by atoms with Gasteiger partial charge in [0.1, 0.15) is 0 Å². The molecule has 0 spiro atoms. The molecule has 16 heteroatoms. The zero-order valence-corrected chi connectivity index (χ0v) is 14.4. The number of hydrogen-bond donors (Lipinski definition) is 2. The standard InChI is InChI=1S/C4H8O8P2.C4H7O5P/c1-2-4(5)11-3-13(6,7)12-14(8,9)10;1-2-4(5)9-3-10(6,7)8/h2H,1,3H2,(H,6,7)(H2,8,9,10);2H,1,3H2,(H2,6,7,8)/p-3. The van der Waals surface area contributed by atoms with E-state index in [2.05, 4.69) is 26.9 Å². The lowest BCUT2D eigenvalue weighted by Crippen LogP contribution is -2.20. The Labute approximate surface area is 135 Å². The fourth-order valence-corrected chi connectivity index (χ4v) is 2.57. The van der Waals surface area contributed by atoms with Crippen molar-refractivity contribution in [3.8, 4) is 0 Å². The summed E-state index contributed by atoms with van der Waals surface area (Å²) in [6, 6.07) is 0. The molecule has 0 aliphatic carbocycles. The molecule has 24 heavy (non-hydrogen) atoms. The number of hydrogen-bond acceptors (Lipinski definition) is 11. The molecule has 140 valence electrons. The molecule has 1 atom stereocenters. The van der Waals surface area contributed by atoms with Gasteiger partial charge in [0.2, 0.25) is 0 Å². The highest BCUT2D eigenvalue weighted by Gasteiger charge is 2.14. The lowest BCUT2D eigenvalue weighted by Gasteiger charge is -2.35. The molecule has 0 radical (unpaired) electrons. The molecule has 0 aromatic rings. The molecule has 0 rings (SSSR count). The highest BCUT2D eigenvalue weighted by atomic mass is 31.3. The van der Waals surface area contributed by atoms with Crippen LogP contribution in [0.3, 0.4) is 0 Å². The Hall–Kier alpha value is -1.13. The van der Waals surface area contributed by atoms with Crippen molar-refractivity contribution in [2.75, 3.05) is 12.7 Å². The summed E-state index contributed by atoms with van der Waals surface area (Å²) in [4.78, 5) is 67.2. The maximum atomic E-state index is 10.6. The summed E-state index contributed by atoms with van der Waals surface area (Å²) in [5.74, 6) is -1.93. The van der Waals surface area contributed by atoms with Gasteiger partial charge in [-0.3, -0.25) is 4.57 Å². The zero-order valence-electron chi connectivity index (χ0n) is 11.7. The number of esters is 2. The monoisotopic (exact) mass is 409 g/mol. The predicted molar refractivity (Wildman–Crippen MR) is 70.7 cm³/mol. The first-order chi connectivity index (χ1) is 10.6. The second-order valence-electron chi connectivity index (χ2n) is 3.40. The highest BCUT2D eigenvalue weighted by molar-refractivity contribution is 7.61. The van der Waals surface area contributed by atoms with Crippen LogP contribution in [0.1, 0.15) is 0 Å². The number of carbonyl (C=O) groups is 2. The molecule has 0 aliphatic heterocycles. The molecule has 0 aromatic carbocycles. The van der Waals surface area contributed by atoms with Crippen molar-refractivity contribution < 1.29 is 61.5 Å². The van der Waals surface area contributed by atoms with Gasteiger partial charge in [0, 0.05) is 12.2 Å².